The number of nitrogens with one attached hydrogen (secondary N) is 1. The molecule has 0 aromatic carbocycles. The zero-order valence-corrected chi connectivity index (χ0v) is 13.7. The van der Waals surface area contributed by atoms with Crippen LogP contribution in [0.5, 0.6) is 0 Å². The van der Waals surface area contributed by atoms with Crippen LogP contribution in [-0.4, -0.2) is 50.9 Å². The summed E-state index contributed by atoms with van der Waals surface area (Å²) < 4.78 is 30.1. The average Bonchev–Trinajstić information content (AvgIpc) is 2.45. The highest BCUT2D eigenvalue weighted by molar-refractivity contribution is 7.89. The Morgan fingerprint density at radius 1 is 1.43 bits per heavy atom. The van der Waals surface area contributed by atoms with Gasteiger partial charge in [0.15, 0.2) is 5.03 Å². The summed E-state index contributed by atoms with van der Waals surface area (Å²) in [5.74, 6) is -0.285. The molecule has 1 N–H and O–H groups in total. The van der Waals surface area contributed by atoms with Gasteiger partial charge >= 0.3 is 5.97 Å². The van der Waals surface area contributed by atoms with E-state index in [0.717, 1.165) is 10.7 Å². The molecule has 1 rings (SSSR count). The van der Waals surface area contributed by atoms with E-state index < -0.39 is 16.0 Å². The summed E-state index contributed by atoms with van der Waals surface area (Å²) in [5, 5.41) is 2.87. The number of rotatable bonds is 6. The standard InChI is InChI=1S/C13H21N3O4S/c1-6-9(2)14-11-7-10(13(17)20-5)8-12(15-11)21(18,19)16(3)4/h7-9H,6H2,1-5H3,(H,14,15). The van der Waals surface area contributed by atoms with Gasteiger partial charge in [-0.3, -0.25) is 0 Å². The van der Waals surface area contributed by atoms with Crippen molar-refractivity contribution in [2.24, 2.45) is 0 Å². The van der Waals surface area contributed by atoms with E-state index in [1.165, 1.54) is 33.3 Å². The first-order valence-corrected chi connectivity index (χ1v) is 7.95. The van der Waals surface area contributed by atoms with E-state index in [0.29, 0.717) is 5.82 Å². The van der Waals surface area contributed by atoms with Gasteiger partial charge in [0.1, 0.15) is 5.82 Å². The number of aromatic nitrogens is 1. The van der Waals surface area contributed by atoms with Crippen molar-refractivity contribution in [3.8, 4) is 0 Å². The second kappa shape index (κ2) is 6.86. The molecule has 0 radical (unpaired) electrons. The van der Waals surface area contributed by atoms with Gasteiger partial charge in [-0.25, -0.2) is 22.5 Å². The Labute approximate surface area is 125 Å². The number of pyridine rings is 1. The van der Waals surface area contributed by atoms with Crippen molar-refractivity contribution in [2.45, 2.75) is 31.3 Å². The fraction of sp³-hybridized carbons (Fsp3) is 0.538. The lowest BCUT2D eigenvalue weighted by Gasteiger charge is -2.16. The summed E-state index contributed by atoms with van der Waals surface area (Å²) in [5.41, 5.74) is 0.138. The maximum Gasteiger partial charge on any atom is 0.338 e. The van der Waals surface area contributed by atoms with Crippen LogP contribution >= 0.6 is 0 Å². The Hall–Kier alpha value is -1.67. The van der Waals surface area contributed by atoms with Gasteiger partial charge in [0.05, 0.1) is 12.7 Å². The molecule has 8 heteroatoms. The predicted molar refractivity (Wildman–Crippen MR) is 79.8 cm³/mol. The van der Waals surface area contributed by atoms with Gasteiger partial charge in [0.2, 0.25) is 0 Å². The average molecular weight is 315 g/mol. The minimum atomic E-state index is -3.73. The van der Waals surface area contributed by atoms with Crippen LogP contribution in [0.3, 0.4) is 0 Å². The maximum absolute atomic E-state index is 12.2. The minimum absolute atomic E-state index is 0.0975. The van der Waals surface area contributed by atoms with Crippen LogP contribution in [0, 0.1) is 0 Å². The summed E-state index contributed by atoms with van der Waals surface area (Å²) >= 11 is 0. The van der Waals surface area contributed by atoms with Crippen LogP contribution in [-0.2, 0) is 14.8 Å². The molecule has 0 aliphatic rings. The number of hydrogen-bond donors (Lipinski definition) is 1. The molecule has 0 bridgehead atoms. The molecule has 0 aliphatic carbocycles. The molecule has 1 aromatic rings. The summed E-state index contributed by atoms with van der Waals surface area (Å²) in [6, 6.07) is 2.79. The smallest absolute Gasteiger partial charge is 0.338 e. The molecule has 0 saturated carbocycles. The zero-order valence-electron chi connectivity index (χ0n) is 12.9. The first-order chi connectivity index (χ1) is 9.72. The lowest BCUT2D eigenvalue weighted by molar-refractivity contribution is 0.0600. The van der Waals surface area contributed by atoms with E-state index in [4.69, 9.17) is 0 Å². The molecule has 1 atom stereocenters. The molecule has 21 heavy (non-hydrogen) atoms. The third kappa shape index (κ3) is 4.15. The first-order valence-electron chi connectivity index (χ1n) is 6.51. The Bertz CT molecular complexity index is 614. The van der Waals surface area contributed by atoms with Gasteiger partial charge < -0.3 is 10.1 Å². The highest BCUT2D eigenvalue weighted by atomic mass is 32.2. The van der Waals surface area contributed by atoms with Crippen molar-refractivity contribution < 1.29 is 17.9 Å². The van der Waals surface area contributed by atoms with Crippen LogP contribution in [0.4, 0.5) is 5.82 Å². The second-order valence-corrected chi connectivity index (χ2v) is 6.91. The number of carbonyl (C=O) groups is 1. The van der Waals surface area contributed by atoms with Gasteiger partial charge in [0.25, 0.3) is 10.0 Å². The van der Waals surface area contributed by atoms with Crippen molar-refractivity contribution in [1.82, 2.24) is 9.29 Å². The van der Waals surface area contributed by atoms with E-state index in [2.05, 4.69) is 15.0 Å². The fourth-order valence-corrected chi connectivity index (χ4v) is 2.35. The molecule has 0 fully saturated rings. The first kappa shape index (κ1) is 17.4. The summed E-state index contributed by atoms with van der Waals surface area (Å²) in [7, 11) is 0.322. The highest BCUT2D eigenvalue weighted by Crippen LogP contribution is 2.18. The summed E-state index contributed by atoms with van der Waals surface area (Å²) in [6.07, 6.45) is 0.833. The maximum atomic E-state index is 12.2. The predicted octanol–water partition coefficient (Wildman–Crippen LogP) is 1.33. The molecule has 1 aromatic heterocycles. The number of nitrogens with zero attached hydrogens (tertiary/aromatic N) is 2. The van der Waals surface area contributed by atoms with E-state index in [-0.39, 0.29) is 16.6 Å². The van der Waals surface area contributed by atoms with Crippen LogP contribution in [0.25, 0.3) is 0 Å². The third-order valence-corrected chi connectivity index (χ3v) is 4.67. The number of anilines is 1. The largest absolute Gasteiger partial charge is 0.465 e. The normalized spacial score (nSPS) is 13.0. The molecule has 0 amide bonds. The van der Waals surface area contributed by atoms with Gasteiger partial charge in [0, 0.05) is 20.1 Å². The van der Waals surface area contributed by atoms with Gasteiger partial charge in [-0.2, -0.15) is 0 Å². The zero-order chi connectivity index (χ0) is 16.2. The number of hydrogen-bond acceptors (Lipinski definition) is 6. The van der Waals surface area contributed by atoms with Crippen molar-refractivity contribution in [2.75, 3.05) is 26.5 Å². The number of methoxy groups -OCH3 is 1. The molecule has 1 heterocycles. The molecule has 1 unspecified atom stereocenters. The van der Waals surface area contributed by atoms with Crippen LogP contribution < -0.4 is 5.32 Å². The van der Waals surface area contributed by atoms with Crippen molar-refractivity contribution in [3.63, 3.8) is 0 Å². The topological polar surface area (TPSA) is 88.6 Å². The van der Waals surface area contributed by atoms with E-state index in [9.17, 15) is 13.2 Å². The molecule has 118 valence electrons. The minimum Gasteiger partial charge on any atom is -0.465 e. The third-order valence-electron chi connectivity index (χ3n) is 2.97. The van der Waals surface area contributed by atoms with Gasteiger partial charge in [-0.1, -0.05) is 6.92 Å². The van der Waals surface area contributed by atoms with Crippen LogP contribution in [0.2, 0.25) is 0 Å². The SMILES string of the molecule is CCC(C)Nc1cc(C(=O)OC)cc(S(=O)(=O)N(C)C)n1. The molecule has 0 spiro atoms. The number of esters is 1. The molecular formula is C13H21N3O4S. The molecule has 0 saturated heterocycles. The quantitative estimate of drug-likeness (QED) is 0.797. The second-order valence-electron chi connectivity index (χ2n) is 4.81. The Morgan fingerprint density at radius 3 is 2.52 bits per heavy atom. The molecular weight excluding hydrogens is 294 g/mol. The fourth-order valence-electron chi connectivity index (χ4n) is 1.49. The molecule has 0 aliphatic heterocycles. The number of ether oxygens (including phenoxy) is 1. The lowest BCUT2D eigenvalue weighted by Crippen LogP contribution is -2.24. The summed E-state index contributed by atoms with van der Waals surface area (Å²) in [6.45, 7) is 3.92. The molecule has 7 nitrogen and oxygen atoms in total. The Morgan fingerprint density at radius 2 is 2.05 bits per heavy atom. The van der Waals surface area contributed by atoms with Crippen molar-refractivity contribution >= 4 is 21.8 Å². The number of carbonyl (C=O) groups excluding carboxylic acids is 1. The highest BCUT2D eigenvalue weighted by Gasteiger charge is 2.22. The van der Waals surface area contributed by atoms with Gasteiger partial charge in [-0.15, -0.1) is 0 Å². The number of sulfonamides is 1. The lowest BCUT2D eigenvalue weighted by atomic mass is 10.2. The van der Waals surface area contributed by atoms with Gasteiger partial charge in [-0.05, 0) is 25.5 Å². The van der Waals surface area contributed by atoms with Crippen molar-refractivity contribution in [3.05, 3.63) is 17.7 Å². The van der Waals surface area contributed by atoms with E-state index >= 15 is 0 Å². The van der Waals surface area contributed by atoms with Crippen LogP contribution in [0.1, 0.15) is 30.6 Å². The van der Waals surface area contributed by atoms with E-state index in [1.807, 2.05) is 13.8 Å². The summed E-state index contributed by atoms with van der Waals surface area (Å²) in [4.78, 5) is 15.8. The Balaban J connectivity index is 3.38. The van der Waals surface area contributed by atoms with E-state index in [1.54, 1.807) is 0 Å². The van der Waals surface area contributed by atoms with Crippen LogP contribution in [0.15, 0.2) is 17.2 Å². The Kier molecular flexibility index (Phi) is 5.68. The monoisotopic (exact) mass is 315 g/mol. The van der Waals surface area contributed by atoms with Crippen molar-refractivity contribution in [1.29, 1.82) is 0 Å².